The molecule has 0 aliphatic heterocycles. The van der Waals surface area contributed by atoms with Crippen LogP contribution in [0, 0.1) is 0 Å². The Hall–Kier alpha value is -1.08. The predicted octanol–water partition coefficient (Wildman–Crippen LogP) is 2.45. The molecule has 0 N–H and O–H groups in total. The number of tetrazole rings is 1. The summed E-state index contributed by atoms with van der Waals surface area (Å²) in [7, 11) is 0. The highest BCUT2D eigenvalue weighted by molar-refractivity contribution is 6.37. The largest absolute Gasteiger partial charge is 0.419 e. The lowest BCUT2D eigenvalue weighted by molar-refractivity contribution is -0.137. The van der Waals surface area contributed by atoms with Crippen LogP contribution < -0.4 is 0 Å². The highest BCUT2D eigenvalue weighted by atomic mass is 35.5. The molecule has 0 aromatic carbocycles. The van der Waals surface area contributed by atoms with Crippen molar-refractivity contribution in [1.29, 1.82) is 0 Å². The third kappa shape index (κ3) is 1.61. The molecule has 4 nitrogen and oxygen atoms in total. The summed E-state index contributed by atoms with van der Waals surface area (Å²) in [5.41, 5.74) is -1.32. The summed E-state index contributed by atoms with van der Waals surface area (Å²) in [4.78, 5) is 0. The van der Waals surface area contributed by atoms with E-state index in [0.29, 0.717) is 0 Å². The molecular weight excluding hydrogens is 256 g/mol. The Kier molecular flexibility index (Phi) is 2.23. The van der Waals surface area contributed by atoms with E-state index in [4.69, 9.17) is 23.2 Å². The van der Waals surface area contributed by atoms with Gasteiger partial charge < -0.3 is 0 Å². The fraction of sp³-hybridized carbons (Fsp3) is 0.167. The summed E-state index contributed by atoms with van der Waals surface area (Å²) >= 11 is 10.9. The number of halogens is 5. The topological polar surface area (TPSA) is 43.1 Å². The maximum atomic E-state index is 12.5. The van der Waals surface area contributed by atoms with E-state index in [0.717, 1.165) is 10.7 Å². The first-order valence-electron chi connectivity index (χ1n) is 3.54. The van der Waals surface area contributed by atoms with E-state index >= 15 is 0 Å². The fourth-order valence-corrected chi connectivity index (χ4v) is 1.75. The van der Waals surface area contributed by atoms with Gasteiger partial charge in [-0.2, -0.15) is 17.7 Å². The first-order chi connectivity index (χ1) is 6.91. The minimum atomic E-state index is -4.64. The molecule has 2 heterocycles. The minimum absolute atomic E-state index is 0.187. The second kappa shape index (κ2) is 3.21. The predicted molar refractivity (Wildman–Crippen MR) is 45.8 cm³/mol. The van der Waals surface area contributed by atoms with E-state index in [1.165, 1.54) is 0 Å². The zero-order chi connectivity index (χ0) is 11.2. The lowest BCUT2D eigenvalue weighted by Gasteiger charge is -2.10. The summed E-state index contributed by atoms with van der Waals surface area (Å²) in [6, 6.07) is 0. The van der Waals surface area contributed by atoms with Crippen LogP contribution in [0.3, 0.4) is 0 Å². The van der Waals surface area contributed by atoms with Gasteiger partial charge in [0.2, 0.25) is 0 Å². The van der Waals surface area contributed by atoms with Crippen LogP contribution >= 0.6 is 23.2 Å². The molecule has 80 valence electrons. The lowest BCUT2D eigenvalue weighted by Crippen LogP contribution is -2.08. The average molecular weight is 257 g/mol. The zero-order valence-corrected chi connectivity index (χ0v) is 8.27. The van der Waals surface area contributed by atoms with Gasteiger partial charge in [0.25, 0.3) is 0 Å². The first-order valence-corrected chi connectivity index (χ1v) is 4.29. The molecule has 0 saturated carbocycles. The van der Waals surface area contributed by atoms with Crippen LogP contribution in [0.15, 0.2) is 6.20 Å². The quantitative estimate of drug-likeness (QED) is 0.727. The Labute approximate surface area is 90.6 Å². The van der Waals surface area contributed by atoms with Gasteiger partial charge in [0.05, 0.1) is 16.8 Å². The van der Waals surface area contributed by atoms with Crippen LogP contribution in [0.2, 0.25) is 10.0 Å². The fourth-order valence-electron chi connectivity index (χ4n) is 1.07. The van der Waals surface area contributed by atoms with Crippen molar-refractivity contribution in [2.24, 2.45) is 0 Å². The molecule has 0 unspecified atom stereocenters. The van der Waals surface area contributed by atoms with Crippen LogP contribution in [-0.4, -0.2) is 20.0 Å². The summed E-state index contributed by atoms with van der Waals surface area (Å²) in [5.74, 6) is 0. The average Bonchev–Trinajstić information content (AvgIpc) is 2.48. The van der Waals surface area contributed by atoms with Gasteiger partial charge in [0.1, 0.15) is 5.02 Å². The maximum Gasteiger partial charge on any atom is 0.419 e. The van der Waals surface area contributed by atoms with Crippen molar-refractivity contribution in [2.75, 3.05) is 0 Å². The SMILES string of the molecule is FC(F)(F)c1c(Cl)cn2nnnc2c1Cl. The van der Waals surface area contributed by atoms with E-state index in [9.17, 15) is 13.2 Å². The van der Waals surface area contributed by atoms with Crippen LogP contribution in [0.25, 0.3) is 5.65 Å². The molecule has 2 aromatic rings. The second-order valence-electron chi connectivity index (χ2n) is 2.61. The maximum absolute atomic E-state index is 12.5. The molecule has 0 atom stereocenters. The molecule has 0 radical (unpaired) electrons. The van der Waals surface area contributed by atoms with Gasteiger partial charge >= 0.3 is 6.18 Å². The number of hydrogen-bond acceptors (Lipinski definition) is 3. The summed E-state index contributed by atoms with van der Waals surface area (Å²) in [6.45, 7) is 0. The molecule has 0 aliphatic rings. The highest BCUT2D eigenvalue weighted by Crippen LogP contribution is 2.40. The third-order valence-electron chi connectivity index (χ3n) is 1.67. The number of nitrogens with zero attached hydrogens (tertiary/aromatic N) is 4. The van der Waals surface area contributed by atoms with E-state index in [1.54, 1.807) is 0 Å². The number of alkyl halides is 3. The van der Waals surface area contributed by atoms with E-state index in [2.05, 4.69) is 15.5 Å². The summed E-state index contributed by atoms with van der Waals surface area (Å²) in [6.07, 6.45) is -3.69. The Bertz CT molecular complexity index is 521. The van der Waals surface area contributed by atoms with Crippen molar-refractivity contribution >= 4 is 28.8 Å². The molecular formula is C6HCl2F3N4. The van der Waals surface area contributed by atoms with E-state index in [1.807, 2.05) is 0 Å². The number of rotatable bonds is 0. The van der Waals surface area contributed by atoms with Crippen molar-refractivity contribution in [1.82, 2.24) is 20.0 Å². The molecule has 9 heteroatoms. The number of fused-ring (bicyclic) bond motifs is 1. The summed E-state index contributed by atoms with van der Waals surface area (Å²) < 4.78 is 38.5. The Morgan fingerprint density at radius 3 is 2.53 bits per heavy atom. The molecule has 15 heavy (non-hydrogen) atoms. The van der Waals surface area contributed by atoms with Gasteiger partial charge in [-0.25, -0.2) is 0 Å². The van der Waals surface area contributed by atoms with Crippen molar-refractivity contribution in [3.8, 4) is 0 Å². The number of aromatic nitrogens is 4. The van der Waals surface area contributed by atoms with Crippen LogP contribution in [0.4, 0.5) is 13.2 Å². The normalized spacial score (nSPS) is 12.3. The molecule has 0 bridgehead atoms. The third-order valence-corrected chi connectivity index (χ3v) is 2.31. The van der Waals surface area contributed by atoms with Crippen LogP contribution in [0.5, 0.6) is 0 Å². The number of pyridine rings is 1. The van der Waals surface area contributed by atoms with Crippen LogP contribution in [-0.2, 0) is 6.18 Å². The van der Waals surface area contributed by atoms with Crippen molar-refractivity contribution < 1.29 is 13.2 Å². The Balaban J connectivity index is 2.84. The monoisotopic (exact) mass is 256 g/mol. The van der Waals surface area contributed by atoms with Gasteiger partial charge in [-0.1, -0.05) is 23.2 Å². The minimum Gasteiger partial charge on any atom is -0.198 e. The van der Waals surface area contributed by atoms with Gasteiger partial charge in [0, 0.05) is 0 Å². The Morgan fingerprint density at radius 2 is 1.93 bits per heavy atom. The van der Waals surface area contributed by atoms with Crippen LogP contribution in [0.1, 0.15) is 5.56 Å². The molecule has 2 aromatic heterocycles. The number of hydrogen-bond donors (Lipinski definition) is 0. The molecule has 0 spiro atoms. The van der Waals surface area contributed by atoms with Crippen molar-refractivity contribution in [2.45, 2.75) is 6.18 Å². The Morgan fingerprint density at radius 1 is 1.27 bits per heavy atom. The van der Waals surface area contributed by atoms with Crippen molar-refractivity contribution in [3.63, 3.8) is 0 Å². The molecule has 0 amide bonds. The van der Waals surface area contributed by atoms with Gasteiger partial charge in [-0.15, -0.1) is 5.10 Å². The van der Waals surface area contributed by atoms with Gasteiger partial charge in [0.15, 0.2) is 5.65 Å². The summed E-state index contributed by atoms with van der Waals surface area (Å²) in [5, 5.41) is 8.75. The molecule has 0 saturated heterocycles. The van der Waals surface area contributed by atoms with Gasteiger partial charge in [-0.3, -0.25) is 0 Å². The standard InChI is InChI=1S/C6HCl2F3N4/c7-2-1-15-5(12-13-14-15)4(8)3(2)6(9,10)11/h1H. The zero-order valence-electron chi connectivity index (χ0n) is 6.76. The van der Waals surface area contributed by atoms with E-state index < -0.39 is 21.8 Å². The smallest absolute Gasteiger partial charge is 0.198 e. The highest BCUT2D eigenvalue weighted by Gasteiger charge is 2.37. The van der Waals surface area contributed by atoms with Crippen molar-refractivity contribution in [3.05, 3.63) is 21.8 Å². The second-order valence-corrected chi connectivity index (χ2v) is 3.40. The van der Waals surface area contributed by atoms with Gasteiger partial charge in [-0.05, 0) is 10.4 Å². The molecule has 2 rings (SSSR count). The van der Waals surface area contributed by atoms with E-state index in [-0.39, 0.29) is 5.65 Å². The first kappa shape index (κ1) is 10.4. The lowest BCUT2D eigenvalue weighted by atomic mass is 10.2. The molecule has 0 aliphatic carbocycles. The molecule has 0 fully saturated rings.